The summed E-state index contributed by atoms with van der Waals surface area (Å²) in [6, 6.07) is 0. The Kier molecular flexibility index (Phi) is 3.64. The van der Waals surface area contributed by atoms with E-state index in [1.807, 2.05) is 0 Å². The predicted octanol–water partition coefficient (Wildman–Crippen LogP) is 0.902. The molecule has 6 nitrogen and oxygen atoms in total. The van der Waals surface area contributed by atoms with Crippen molar-refractivity contribution in [2.75, 3.05) is 13.1 Å². The Bertz CT molecular complexity index is 461. The lowest BCUT2D eigenvalue weighted by Crippen LogP contribution is -2.38. The zero-order valence-corrected chi connectivity index (χ0v) is 10.4. The maximum Gasteiger partial charge on any atom is 0.354 e. The highest BCUT2D eigenvalue weighted by Gasteiger charge is 2.20. The molecule has 0 radical (unpaired) electrons. The first-order chi connectivity index (χ1) is 8.59. The fourth-order valence-electron chi connectivity index (χ4n) is 2.22. The molecule has 0 saturated carbocycles. The highest BCUT2D eigenvalue weighted by Crippen LogP contribution is 2.11. The van der Waals surface area contributed by atoms with Gasteiger partial charge in [-0.05, 0) is 26.2 Å². The number of imidazole rings is 1. The topological polar surface area (TPSA) is 75.4 Å². The van der Waals surface area contributed by atoms with Crippen LogP contribution < -0.4 is 0 Å². The van der Waals surface area contributed by atoms with E-state index in [0.717, 1.165) is 32.4 Å². The average molecular weight is 251 g/mol. The third-order valence-electron chi connectivity index (χ3n) is 3.28. The van der Waals surface area contributed by atoms with Crippen LogP contribution in [0.3, 0.4) is 0 Å². The zero-order valence-electron chi connectivity index (χ0n) is 10.4. The number of carboxylic acid groups (broad SMARTS) is 1. The first-order valence-electron chi connectivity index (χ1n) is 6.13. The van der Waals surface area contributed by atoms with Crippen LogP contribution in [0.2, 0.25) is 0 Å². The molecule has 2 rings (SSSR count). The van der Waals surface area contributed by atoms with Crippen LogP contribution in [0.15, 0.2) is 6.20 Å². The number of hydrogen-bond donors (Lipinski definition) is 1. The molecule has 2 heterocycles. The fourth-order valence-corrected chi connectivity index (χ4v) is 2.22. The van der Waals surface area contributed by atoms with Crippen molar-refractivity contribution in [2.24, 2.45) is 0 Å². The summed E-state index contributed by atoms with van der Waals surface area (Å²) >= 11 is 0. The second-order valence-electron chi connectivity index (χ2n) is 4.52. The van der Waals surface area contributed by atoms with Crippen molar-refractivity contribution < 1.29 is 14.7 Å². The van der Waals surface area contributed by atoms with E-state index in [0.29, 0.717) is 5.82 Å². The standard InChI is InChI=1S/C12H17N3O3/c1-9-13-7-10(12(17)18)15(9)8-11(16)14-5-3-2-4-6-14/h7H,2-6,8H2,1H3,(H,17,18). The van der Waals surface area contributed by atoms with Crippen LogP contribution in [0, 0.1) is 6.92 Å². The summed E-state index contributed by atoms with van der Waals surface area (Å²) in [6.07, 6.45) is 4.51. The summed E-state index contributed by atoms with van der Waals surface area (Å²) in [5.41, 5.74) is 0.0675. The summed E-state index contributed by atoms with van der Waals surface area (Å²) in [6.45, 7) is 3.31. The van der Waals surface area contributed by atoms with E-state index in [1.54, 1.807) is 11.8 Å². The number of carbonyl (C=O) groups is 2. The number of carbonyl (C=O) groups excluding carboxylic acids is 1. The van der Waals surface area contributed by atoms with Crippen LogP contribution in [0.1, 0.15) is 35.6 Å². The molecular weight excluding hydrogens is 234 g/mol. The van der Waals surface area contributed by atoms with Crippen molar-refractivity contribution in [1.29, 1.82) is 0 Å². The molecule has 1 aliphatic heterocycles. The molecule has 6 heteroatoms. The number of hydrogen-bond acceptors (Lipinski definition) is 3. The van der Waals surface area contributed by atoms with Crippen molar-refractivity contribution in [3.63, 3.8) is 0 Å². The first-order valence-corrected chi connectivity index (χ1v) is 6.13. The molecule has 0 aromatic carbocycles. The first kappa shape index (κ1) is 12.6. The van der Waals surface area contributed by atoms with Gasteiger partial charge in [0.2, 0.25) is 5.91 Å². The SMILES string of the molecule is Cc1ncc(C(=O)O)n1CC(=O)N1CCCCC1. The number of aromatic nitrogens is 2. The van der Waals surface area contributed by atoms with Gasteiger partial charge in [-0.2, -0.15) is 0 Å². The Morgan fingerprint density at radius 1 is 1.33 bits per heavy atom. The molecule has 0 spiro atoms. The molecule has 1 saturated heterocycles. The molecule has 0 unspecified atom stereocenters. The minimum atomic E-state index is -1.05. The maximum absolute atomic E-state index is 12.1. The number of aromatic carboxylic acids is 1. The predicted molar refractivity (Wildman–Crippen MR) is 64.4 cm³/mol. The molecule has 1 fully saturated rings. The quantitative estimate of drug-likeness (QED) is 0.866. The van der Waals surface area contributed by atoms with Crippen molar-refractivity contribution in [3.8, 4) is 0 Å². The van der Waals surface area contributed by atoms with Gasteiger partial charge >= 0.3 is 5.97 Å². The van der Waals surface area contributed by atoms with E-state index in [9.17, 15) is 9.59 Å². The monoisotopic (exact) mass is 251 g/mol. The number of aryl methyl sites for hydroxylation is 1. The van der Waals surface area contributed by atoms with E-state index in [-0.39, 0.29) is 18.1 Å². The molecule has 1 aromatic rings. The van der Waals surface area contributed by atoms with E-state index in [1.165, 1.54) is 10.8 Å². The second kappa shape index (κ2) is 5.20. The van der Waals surface area contributed by atoms with Crippen LogP contribution in [-0.4, -0.2) is 44.5 Å². The van der Waals surface area contributed by atoms with Gasteiger partial charge < -0.3 is 14.6 Å². The molecule has 0 bridgehead atoms. The lowest BCUT2D eigenvalue weighted by molar-refractivity contribution is -0.132. The number of amides is 1. The van der Waals surface area contributed by atoms with Crippen molar-refractivity contribution in [3.05, 3.63) is 17.7 Å². The smallest absolute Gasteiger partial charge is 0.354 e. The van der Waals surface area contributed by atoms with Crippen molar-refractivity contribution in [1.82, 2.24) is 14.5 Å². The maximum atomic E-state index is 12.1. The molecule has 1 N–H and O–H groups in total. The van der Waals surface area contributed by atoms with Gasteiger partial charge in [0.1, 0.15) is 18.1 Å². The summed E-state index contributed by atoms with van der Waals surface area (Å²) in [7, 11) is 0. The Hall–Kier alpha value is -1.85. The second-order valence-corrected chi connectivity index (χ2v) is 4.52. The Morgan fingerprint density at radius 2 is 2.00 bits per heavy atom. The molecule has 18 heavy (non-hydrogen) atoms. The number of carboxylic acids is 1. The van der Waals surface area contributed by atoms with Crippen LogP contribution in [0.4, 0.5) is 0 Å². The van der Waals surface area contributed by atoms with Crippen LogP contribution in [0.25, 0.3) is 0 Å². The van der Waals surface area contributed by atoms with Crippen molar-refractivity contribution >= 4 is 11.9 Å². The number of rotatable bonds is 3. The van der Waals surface area contributed by atoms with Crippen LogP contribution >= 0.6 is 0 Å². The van der Waals surface area contributed by atoms with E-state index in [4.69, 9.17) is 5.11 Å². The molecular formula is C12H17N3O3. The van der Waals surface area contributed by atoms with Gasteiger partial charge in [-0.25, -0.2) is 9.78 Å². The largest absolute Gasteiger partial charge is 0.477 e. The van der Waals surface area contributed by atoms with Gasteiger partial charge in [-0.1, -0.05) is 0 Å². The van der Waals surface area contributed by atoms with Gasteiger partial charge in [-0.15, -0.1) is 0 Å². The minimum absolute atomic E-state index is 0.0294. The highest BCUT2D eigenvalue weighted by atomic mass is 16.4. The fraction of sp³-hybridized carbons (Fsp3) is 0.583. The lowest BCUT2D eigenvalue weighted by Gasteiger charge is -2.27. The van der Waals surface area contributed by atoms with E-state index in [2.05, 4.69) is 4.98 Å². The van der Waals surface area contributed by atoms with Gasteiger partial charge in [0.25, 0.3) is 0 Å². The van der Waals surface area contributed by atoms with Gasteiger partial charge in [0.15, 0.2) is 0 Å². The third kappa shape index (κ3) is 2.52. The number of likely N-dealkylation sites (tertiary alicyclic amines) is 1. The molecule has 1 aliphatic rings. The molecule has 98 valence electrons. The molecule has 0 aliphatic carbocycles. The molecule has 1 amide bonds. The number of nitrogens with zero attached hydrogens (tertiary/aromatic N) is 3. The van der Waals surface area contributed by atoms with Crippen LogP contribution in [0.5, 0.6) is 0 Å². The normalized spacial score (nSPS) is 15.7. The third-order valence-corrected chi connectivity index (χ3v) is 3.28. The van der Waals surface area contributed by atoms with Gasteiger partial charge in [0.05, 0.1) is 6.20 Å². The zero-order chi connectivity index (χ0) is 13.1. The molecule has 0 atom stereocenters. The van der Waals surface area contributed by atoms with E-state index >= 15 is 0 Å². The Balaban J connectivity index is 2.10. The minimum Gasteiger partial charge on any atom is -0.477 e. The Morgan fingerprint density at radius 3 is 2.61 bits per heavy atom. The average Bonchev–Trinajstić information content (AvgIpc) is 2.72. The number of piperidine rings is 1. The highest BCUT2D eigenvalue weighted by molar-refractivity contribution is 5.86. The van der Waals surface area contributed by atoms with Gasteiger partial charge in [0, 0.05) is 13.1 Å². The summed E-state index contributed by atoms with van der Waals surface area (Å²) in [5.74, 6) is -0.530. The van der Waals surface area contributed by atoms with Crippen molar-refractivity contribution in [2.45, 2.75) is 32.7 Å². The van der Waals surface area contributed by atoms with Gasteiger partial charge in [-0.3, -0.25) is 4.79 Å². The van der Waals surface area contributed by atoms with Crippen LogP contribution in [-0.2, 0) is 11.3 Å². The summed E-state index contributed by atoms with van der Waals surface area (Å²) in [5, 5.41) is 9.02. The summed E-state index contributed by atoms with van der Waals surface area (Å²) < 4.78 is 1.46. The summed E-state index contributed by atoms with van der Waals surface area (Å²) in [4.78, 5) is 28.8. The van der Waals surface area contributed by atoms with E-state index < -0.39 is 5.97 Å². The molecule has 1 aromatic heterocycles. The lowest BCUT2D eigenvalue weighted by atomic mass is 10.1. The Labute approximate surface area is 105 Å².